The lowest BCUT2D eigenvalue weighted by Crippen LogP contribution is -2.51. The summed E-state index contributed by atoms with van der Waals surface area (Å²) in [6.07, 6.45) is 7.11. The number of nitrogens with zero attached hydrogens (tertiary/aromatic N) is 1. The van der Waals surface area contributed by atoms with Crippen LogP contribution in [-0.4, -0.2) is 62.7 Å². The number of rotatable bonds is 7. The Balaban J connectivity index is 2.54. The molecule has 106 valence electrons. The van der Waals surface area contributed by atoms with E-state index in [9.17, 15) is 9.59 Å². The predicted molar refractivity (Wildman–Crippen MR) is 71.3 cm³/mol. The van der Waals surface area contributed by atoms with Gasteiger partial charge >= 0.3 is 0 Å². The van der Waals surface area contributed by atoms with Crippen LogP contribution in [0.3, 0.4) is 0 Å². The second kappa shape index (κ2) is 8.51. The molecule has 1 rings (SSSR count). The zero-order valence-electron chi connectivity index (χ0n) is 11.3. The molecule has 6 nitrogen and oxygen atoms in total. The molecule has 1 aliphatic rings. The van der Waals surface area contributed by atoms with Gasteiger partial charge in [0.25, 0.3) is 0 Å². The van der Waals surface area contributed by atoms with Crippen molar-refractivity contribution in [2.24, 2.45) is 0 Å². The summed E-state index contributed by atoms with van der Waals surface area (Å²) in [7, 11) is 1.67. The molecule has 19 heavy (non-hydrogen) atoms. The molecule has 1 unspecified atom stereocenters. The van der Waals surface area contributed by atoms with Crippen LogP contribution in [0.5, 0.6) is 0 Å². The van der Waals surface area contributed by atoms with E-state index in [0.29, 0.717) is 0 Å². The SMILES string of the molecule is C#CCOCC(NC(=O)CNC)C(=O)N1CCCC1. The Labute approximate surface area is 113 Å². The van der Waals surface area contributed by atoms with Crippen molar-refractivity contribution < 1.29 is 14.3 Å². The second-order valence-electron chi connectivity index (χ2n) is 4.40. The number of terminal acetylenes is 1. The molecule has 0 saturated carbocycles. The Kier molecular flexibility index (Phi) is 6.93. The maximum absolute atomic E-state index is 12.2. The van der Waals surface area contributed by atoms with Crippen molar-refractivity contribution in [2.45, 2.75) is 18.9 Å². The predicted octanol–water partition coefficient (Wildman–Crippen LogP) is -1.04. The minimum absolute atomic E-state index is 0.0982. The van der Waals surface area contributed by atoms with Gasteiger partial charge in [0.15, 0.2) is 0 Å². The first kappa shape index (κ1) is 15.5. The first-order valence-corrected chi connectivity index (χ1v) is 6.43. The average molecular weight is 267 g/mol. The molecule has 1 aliphatic heterocycles. The number of likely N-dealkylation sites (tertiary alicyclic amines) is 1. The first-order chi connectivity index (χ1) is 9.19. The Morgan fingerprint density at radius 1 is 1.42 bits per heavy atom. The van der Waals surface area contributed by atoms with Crippen LogP contribution in [0.1, 0.15) is 12.8 Å². The zero-order chi connectivity index (χ0) is 14.1. The van der Waals surface area contributed by atoms with Gasteiger partial charge in [0.1, 0.15) is 12.6 Å². The van der Waals surface area contributed by atoms with Crippen molar-refractivity contribution >= 4 is 11.8 Å². The molecular formula is C13H21N3O3. The number of hydrogen-bond donors (Lipinski definition) is 2. The van der Waals surface area contributed by atoms with Gasteiger partial charge in [0, 0.05) is 13.1 Å². The lowest BCUT2D eigenvalue weighted by atomic mass is 10.2. The molecule has 0 aliphatic carbocycles. The van der Waals surface area contributed by atoms with Gasteiger partial charge in [-0.25, -0.2) is 0 Å². The maximum Gasteiger partial charge on any atom is 0.247 e. The summed E-state index contributed by atoms with van der Waals surface area (Å²) >= 11 is 0. The number of carbonyl (C=O) groups excluding carboxylic acids is 2. The van der Waals surface area contributed by atoms with Crippen LogP contribution in [0.2, 0.25) is 0 Å². The van der Waals surface area contributed by atoms with Crippen LogP contribution in [0.15, 0.2) is 0 Å². The van der Waals surface area contributed by atoms with Crippen molar-refractivity contribution in [2.75, 3.05) is 39.9 Å². The lowest BCUT2D eigenvalue weighted by Gasteiger charge is -2.23. The smallest absolute Gasteiger partial charge is 0.247 e. The molecule has 1 heterocycles. The van der Waals surface area contributed by atoms with E-state index in [-0.39, 0.29) is 31.6 Å². The van der Waals surface area contributed by atoms with Gasteiger partial charge in [-0.15, -0.1) is 6.42 Å². The van der Waals surface area contributed by atoms with Crippen LogP contribution in [0, 0.1) is 12.3 Å². The van der Waals surface area contributed by atoms with Gasteiger partial charge in [0.2, 0.25) is 11.8 Å². The summed E-state index contributed by atoms with van der Waals surface area (Å²) in [5, 5.41) is 5.41. The van der Waals surface area contributed by atoms with E-state index in [1.165, 1.54) is 0 Å². The average Bonchev–Trinajstić information content (AvgIpc) is 2.91. The lowest BCUT2D eigenvalue weighted by molar-refractivity contribution is -0.137. The second-order valence-corrected chi connectivity index (χ2v) is 4.40. The van der Waals surface area contributed by atoms with Crippen molar-refractivity contribution in [1.82, 2.24) is 15.5 Å². The number of ether oxygens (including phenoxy) is 1. The van der Waals surface area contributed by atoms with Crippen LogP contribution in [0.25, 0.3) is 0 Å². The molecule has 0 aromatic heterocycles. The third kappa shape index (κ3) is 5.28. The van der Waals surface area contributed by atoms with E-state index >= 15 is 0 Å². The highest BCUT2D eigenvalue weighted by atomic mass is 16.5. The summed E-state index contributed by atoms with van der Waals surface area (Å²) in [4.78, 5) is 25.6. The number of carbonyl (C=O) groups is 2. The highest BCUT2D eigenvalue weighted by Gasteiger charge is 2.27. The van der Waals surface area contributed by atoms with Crippen LogP contribution in [-0.2, 0) is 14.3 Å². The standard InChI is InChI=1S/C13H21N3O3/c1-3-8-19-10-11(15-12(17)9-14-2)13(18)16-6-4-5-7-16/h1,11,14H,4-10H2,2H3,(H,15,17). The molecule has 0 bridgehead atoms. The summed E-state index contributed by atoms with van der Waals surface area (Å²) in [5.41, 5.74) is 0. The fraction of sp³-hybridized carbons (Fsp3) is 0.692. The molecule has 2 N–H and O–H groups in total. The van der Waals surface area contributed by atoms with E-state index in [1.54, 1.807) is 11.9 Å². The fourth-order valence-electron chi connectivity index (χ4n) is 1.97. The number of hydrogen-bond acceptors (Lipinski definition) is 4. The molecule has 0 radical (unpaired) electrons. The van der Waals surface area contributed by atoms with E-state index in [4.69, 9.17) is 11.2 Å². The molecular weight excluding hydrogens is 246 g/mol. The topological polar surface area (TPSA) is 70.7 Å². The van der Waals surface area contributed by atoms with E-state index in [1.807, 2.05) is 0 Å². The minimum atomic E-state index is -0.660. The highest BCUT2D eigenvalue weighted by Crippen LogP contribution is 2.09. The number of likely N-dealkylation sites (N-methyl/N-ethyl adjacent to an activating group) is 1. The van der Waals surface area contributed by atoms with Gasteiger partial charge in [-0.05, 0) is 19.9 Å². The molecule has 0 aromatic carbocycles. The molecule has 6 heteroatoms. The largest absolute Gasteiger partial charge is 0.366 e. The normalized spacial score (nSPS) is 15.9. The Morgan fingerprint density at radius 2 is 2.11 bits per heavy atom. The third-order valence-electron chi connectivity index (χ3n) is 2.86. The summed E-state index contributed by atoms with van der Waals surface area (Å²) < 4.78 is 5.19. The van der Waals surface area contributed by atoms with Crippen LogP contribution < -0.4 is 10.6 Å². The molecule has 2 amide bonds. The monoisotopic (exact) mass is 267 g/mol. The van der Waals surface area contributed by atoms with Crippen molar-refractivity contribution in [3.8, 4) is 12.3 Å². The van der Waals surface area contributed by atoms with Crippen LogP contribution in [0.4, 0.5) is 0 Å². The fourth-order valence-corrected chi connectivity index (χ4v) is 1.97. The van der Waals surface area contributed by atoms with Crippen molar-refractivity contribution in [3.63, 3.8) is 0 Å². The minimum Gasteiger partial charge on any atom is -0.366 e. The first-order valence-electron chi connectivity index (χ1n) is 6.43. The quantitative estimate of drug-likeness (QED) is 0.457. The molecule has 0 aromatic rings. The molecule has 1 saturated heterocycles. The molecule has 0 spiro atoms. The summed E-state index contributed by atoms with van der Waals surface area (Å²) in [6.45, 7) is 1.89. The summed E-state index contributed by atoms with van der Waals surface area (Å²) in [5.74, 6) is 2.01. The van der Waals surface area contributed by atoms with E-state index < -0.39 is 6.04 Å². The number of amides is 2. The van der Waals surface area contributed by atoms with Gasteiger partial charge < -0.3 is 20.3 Å². The van der Waals surface area contributed by atoms with Crippen molar-refractivity contribution in [1.29, 1.82) is 0 Å². The summed E-state index contributed by atoms with van der Waals surface area (Å²) in [6, 6.07) is -0.660. The molecule has 1 fully saturated rings. The van der Waals surface area contributed by atoms with E-state index in [0.717, 1.165) is 25.9 Å². The third-order valence-corrected chi connectivity index (χ3v) is 2.86. The zero-order valence-corrected chi connectivity index (χ0v) is 11.3. The van der Waals surface area contributed by atoms with Gasteiger partial charge in [-0.3, -0.25) is 9.59 Å². The highest BCUT2D eigenvalue weighted by molar-refractivity contribution is 5.88. The Bertz CT molecular complexity index is 346. The van der Waals surface area contributed by atoms with Gasteiger partial charge in [-0.2, -0.15) is 0 Å². The number of nitrogens with one attached hydrogen (secondary N) is 2. The maximum atomic E-state index is 12.2. The van der Waals surface area contributed by atoms with E-state index in [2.05, 4.69) is 16.6 Å². The van der Waals surface area contributed by atoms with Gasteiger partial charge in [0.05, 0.1) is 13.2 Å². The Hall–Kier alpha value is -1.58. The Morgan fingerprint density at radius 3 is 2.68 bits per heavy atom. The van der Waals surface area contributed by atoms with Gasteiger partial charge in [-0.1, -0.05) is 5.92 Å². The van der Waals surface area contributed by atoms with Crippen LogP contribution >= 0.6 is 0 Å². The molecule has 1 atom stereocenters. The van der Waals surface area contributed by atoms with Crippen molar-refractivity contribution in [3.05, 3.63) is 0 Å².